The van der Waals surface area contributed by atoms with Crippen LogP contribution in [0.2, 0.25) is 0 Å². The monoisotopic (exact) mass is 249 g/mol. The summed E-state index contributed by atoms with van der Waals surface area (Å²) in [7, 11) is 0. The van der Waals surface area contributed by atoms with Crippen molar-refractivity contribution in [2.45, 2.75) is 38.8 Å². The highest BCUT2D eigenvalue weighted by Gasteiger charge is 2.25. The molecular weight excluding hydrogens is 230 g/mol. The van der Waals surface area contributed by atoms with Crippen LogP contribution in [0.15, 0.2) is 0 Å². The summed E-state index contributed by atoms with van der Waals surface area (Å²) >= 11 is 3.30. The number of rotatable bonds is 3. The van der Waals surface area contributed by atoms with Crippen molar-refractivity contribution in [3.63, 3.8) is 0 Å². The van der Waals surface area contributed by atoms with Crippen LogP contribution in [0.5, 0.6) is 0 Å². The number of aliphatic hydroxyl groups is 1. The molecule has 13 heavy (non-hydrogen) atoms. The first-order chi connectivity index (χ1) is 6.15. The van der Waals surface area contributed by atoms with E-state index in [4.69, 9.17) is 0 Å². The van der Waals surface area contributed by atoms with Gasteiger partial charge in [-0.2, -0.15) is 0 Å². The molecule has 1 fully saturated rings. The van der Waals surface area contributed by atoms with E-state index in [0.717, 1.165) is 19.0 Å². The molecule has 1 saturated heterocycles. The number of likely N-dealkylation sites (tertiary alicyclic amines) is 1. The number of hydrogen-bond donors (Lipinski definition) is 1. The van der Waals surface area contributed by atoms with Crippen LogP contribution >= 0.6 is 15.9 Å². The third-order valence-corrected chi connectivity index (χ3v) is 3.88. The van der Waals surface area contributed by atoms with Crippen LogP contribution in [0.1, 0.15) is 26.7 Å². The van der Waals surface area contributed by atoms with Crippen molar-refractivity contribution >= 4 is 15.9 Å². The lowest BCUT2D eigenvalue weighted by atomic mass is 9.92. The fourth-order valence-corrected chi connectivity index (χ4v) is 2.20. The van der Waals surface area contributed by atoms with Crippen LogP contribution in [-0.4, -0.2) is 40.6 Å². The van der Waals surface area contributed by atoms with Gasteiger partial charge < -0.3 is 5.11 Å². The van der Waals surface area contributed by atoms with Crippen LogP contribution in [0, 0.1) is 5.92 Å². The van der Waals surface area contributed by atoms with E-state index < -0.39 is 0 Å². The van der Waals surface area contributed by atoms with Crippen LogP contribution < -0.4 is 0 Å². The van der Waals surface area contributed by atoms with Gasteiger partial charge in [-0.25, -0.2) is 0 Å². The lowest BCUT2D eigenvalue weighted by Crippen LogP contribution is -2.46. The van der Waals surface area contributed by atoms with E-state index in [9.17, 15) is 5.11 Å². The quantitative estimate of drug-likeness (QED) is 0.773. The standard InChI is InChI=1S/C10H20BrNO/c1-8-4-3-5-12(9(8)2)7-10(13)6-11/h8-10,13H,3-7H2,1-2H3. The Morgan fingerprint density at radius 1 is 1.54 bits per heavy atom. The van der Waals surface area contributed by atoms with Crippen molar-refractivity contribution in [2.75, 3.05) is 18.4 Å². The molecule has 0 aromatic carbocycles. The molecule has 0 saturated carbocycles. The zero-order valence-corrected chi connectivity index (χ0v) is 10.1. The SMILES string of the molecule is CC1CCCN(CC(O)CBr)C1C. The van der Waals surface area contributed by atoms with Crippen LogP contribution in [0.4, 0.5) is 0 Å². The van der Waals surface area contributed by atoms with Crippen molar-refractivity contribution in [3.8, 4) is 0 Å². The summed E-state index contributed by atoms with van der Waals surface area (Å²) in [5.74, 6) is 0.774. The van der Waals surface area contributed by atoms with Gasteiger partial charge in [0.1, 0.15) is 0 Å². The number of nitrogens with zero attached hydrogens (tertiary/aromatic N) is 1. The van der Waals surface area contributed by atoms with Crippen molar-refractivity contribution in [2.24, 2.45) is 5.92 Å². The highest BCUT2D eigenvalue weighted by atomic mass is 79.9. The van der Waals surface area contributed by atoms with Crippen molar-refractivity contribution in [1.29, 1.82) is 0 Å². The maximum atomic E-state index is 9.53. The Labute approximate surface area is 89.4 Å². The van der Waals surface area contributed by atoms with Gasteiger partial charge in [0.2, 0.25) is 0 Å². The maximum absolute atomic E-state index is 9.53. The van der Waals surface area contributed by atoms with Gasteiger partial charge in [-0.15, -0.1) is 0 Å². The van der Waals surface area contributed by atoms with Gasteiger partial charge in [-0.3, -0.25) is 4.90 Å². The van der Waals surface area contributed by atoms with E-state index in [0.29, 0.717) is 11.4 Å². The Morgan fingerprint density at radius 2 is 2.23 bits per heavy atom. The highest BCUT2D eigenvalue weighted by molar-refractivity contribution is 9.09. The van der Waals surface area contributed by atoms with E-state index in [-0.39, 0.29) is 6.10 Å². The number of alkyl halides is 1. The molecule has 1 N–H and O–H groups in total. The second-order valence-corrected chi connectivity index (χ2v) is 4.81. The second kappa shape index (κ2) is 5.32. The van der Waals surface area contributed by atoms with Gasteiger partial charge in [-0.05, 0) is 32.2 Å². The summed E-state index contributed by atoms with van der Waals surface area (Å²) in [6.07, 6.45) is 2.40. The normalized spacial score (nSPS) is 33.2. The third kappa shape index (κ3) is 3.22. The second-order valence-electron chi connectivity index (χ2n) is 4.16. The molecule has 1 aliphatic rings. The molecule has 2 nitrogen and oxygen atoms in total. The molecule has 3 unspecified atom stereocenters. The van der Waals surface area contributed by atoms with Crippen molar-refractivity contribution in [1.82, 2.24) is 4.90 Å². The largest absolute Gasteiger partial charge is 0.391 e. The molecule has 0 radical (unpaired) electrons. The minimum absolute atomic E-state index is 0.215. The minimum Gasteiger partial charge on any atom is -0.391 e. The Balaban J connectivity index is 2.39. The van der Waals surface area contributed by atoms with Crippen LogP contribution in [-0.2, 0) is 0 Å². The summed E-state index contributed by atoms with van der Waals surface area (Å²) in [6.45, 7) is 6.54. The Bertz CT molecular complexity index is 154. The molecule has 3 atom stereocenters. The van der Waals surface area contributed by atoms with Gasteiger partial charge >= 0.3 is 0 Å². The fourth-order valence-electron chi connectivity index (χ4n) is 2.00. The van der Waals surface area contributed by atoms with Crippen molar-refractivity contribution in [3.05, 3.63) is 0 Å². The zero-order valence-electron chi connectivity index (χ0n) is 8.54. The Morgan fingerprint density at radius 3 is 2.85 bits per heavy atom. The van der Waals surface area contributed by atoms with Gasteiger partial charge in [0.15, 0.2) is 0 Å². The minimum atomic E-state index is -0.215. The molecule has 78 valence electrons. The molecular formula is C10H20BrNO. The molecule has 0 amide bonds. The molecule has 0 aromatic rings. The summed E-state index contributed by atoms with van der Waals surface area (Å²) in [5.41, 5.74) is 0. The van der Waals surface area contributed by atoms with Crippen LogP contribution in [0.3, 0.4) is 0 Å². The van der Waals surface area contributed by atoms with Crippen LogP contribution in [0.25, 0.3) is 0 Å². The number of aliphatic hydroxyl groups excluding tert-OH is 1. The number of hydrogen-bond acceptors (Lipinski definition) is 2. The Kier molecular flexibility index (Phi) is 4.70. The van der Waals surface area contributed by atoms with E-state index in [1.165, 1.54) is 12.8 Å². The molecule has 1 heterocycles. The van der Waals surface area contributed by atoms with Gasteiger partial charge in [-0.1, -0.05) is 22.9 Å². The summed E-state index contributed by atoms with van der Waals surface area (Å²) in [6, 6.07) is 0.627. The van der Waals surface area contributed by atoms with Gasteiger partial charge in [0.25, 0.3) is 0 Å². The predicted molar refractivity (Wildman–Crippen MR) is 59.2 cm³/mol. The number of β-amino-alcohol motifs (C(OH)–C–C–N with tert-alkyl or cyclic N) is 1. The first-order valence-electron chi connectivity index (χ1n) is 5.13. The van der Waals surface area contributed by atoms with E-state index in [1.54, 1.807) is 0 Å². The van der Waals surface area contributed by atoms with E-state index in [1.807, 2.05) is 0 Å². The first kappa shape index (κ1) is 11.5. The lowest BCUT2D eigenvalue weighted by Gasteiger charge is -2.38. The maximum Gasteiger partial charge on any atom is 0.0763 e. The average molecular weight is 250 g/mol. The summed E-state index contributed by atoms with van der Waals surface area (Å²) in [4.78, 5) is 2.40. The van der Waals surface area contributed by atoms with Gasteiger partial charge in [0.05, 0.1) is 6.10 Å². The van der Waals surface area contributed by atoms with Crippen molar-refractivity contribution < 1.29 is 5.11 Å². The average Bonchev–Trinajstić information content (AvgIpc) is 2.13. The molecule has 0 aliphatic carbocycles. The lowest BCUT2D eigenvalue weighted by molar-refractivity contribution is 0.0614. The van der Waals surface area contributed by atoms with Gasteiger partial charge in [0, 0.05) is 17.9 Å². The smallest absolute Gasteiger partial charge is 0.0763 e. The molecule has 0 bridgehead atoms. The molecule has 0 aromatic heterocycles. The zero-order chi connectivity index (χ0) is 9.84. The topological polar surface area (TPSA) is 23.5 Å². The van der Waals surface area contributed by atoms with E-state index in [2.05, 4.69) is 34.7 Å². The predicted octanol–water partition coefficient (Wildman–Crippen LogP) is 1.86. The molecule has 3 heteroatoms. The third-order valence-electron chi connectivity index (χ3n) is 3.13. The highest BCUT2D eigenvalue weighted by Crippen LogP contribution is 2.22. The fraction of sp³-hybridized carbons (Fsp3) is 1.00. The number of piperidine rings is 1. The summed E-state index contributed by atoms with van der Waals surface area (Å²) < 4.78 is 0. The number of halogens is 1. The summed E-state index contributed by atoms with van der Waals surface area (Å²) in [5, 5.41) is 10.2. The molecule has 1 rings (SSSR count). The molecule has 1 aliphatic heterocycles. The Hall–Kier alpha value is 0.400. The van der Waals surface area contributed by atoms with E-state index >= 15 is 0 Å². The first-order valence-corrected chi connectivity index (χ1v) is 6.25. The molecule has 0 spiro atoms.